The molecule has 1 aromatic heterocycles. The fraction of sp³-hybridized carbons (Fsp3) is 0.667. The molecule has 118 valence electrons. The molecule has 0 radical (unpaired) electrons. The van der Waals surface area contributed by atoms with E-state index in [4.69, 9.17) is 14.4 Å². The molecule has 3 aliphatic rings. The smallest absolute Gasteiger partial charge is 0.358 e. The standard InChI is InChI=1S/C15H18N2O5/c18-13(19)12-9-8-17(6-3-10(9)22-16-12)14(20)15-4-1-2-11(15)21-7-5-15/h11H,1-8H2,(H,18,19)/t11-,15+/m1/s1. The molecule has 0 unspecified atom stereocenters. The fourth-order valence-electron chi connectivity index (χ4n) is 4.17. The summed E-state index contributed by atoms with van der Waals surface area (Å²) in [5.74, 6) is -0.416. The average Bonchev–Trinajstić information content (AvgIpc) is 3.18. The number of carbonyl (C=O) groups excluding carboxylic acids is 1. The van der Waals surface area contributed by atoms with Gasteiger partial charge >= 0.3 is 5.97 Å². The van der Waals surface area contributed by atoms with Gasteiger partial charge in [0.2, 0.25) is 5.91 Å². The van der Waals surface area contributed by atoms with Gasteiger partial charge in [-0.3, -0.25) is 4.79 Å². The zero-order valence-electron chi connectivity index (χ0n) is 12.2. The van der Waals surface area contributed by atoms with Gasteiger partial charge in [0.15, 0.2) is 5.69 Å². The lowest BCUT2D eigenvalue weighted by Gasteiger charge is -2.35. The highest BCUT2D eigenvalue weighted by Crippen LogP contribution is 2.49. The van der Waals surface area contributed by atoms with Crippen molar-refractivity contribution in [3.63, 3.8) is 0 Å². The van der Waals surface area contributed by atoms with Crippen LogP contribution in [0.1, 0.15) is 47.5 Å². The second kappa shape index (κ2) is 4.81. The third-order valence-corrected chi connectivity index (χ3v) is 5.32. The van der Waals surface area contributed by atoms with E-state index in [0.717, 1.165) is 25.7 Å². The zero-order chi connectivity index (χ0) is 15.3. The molecule has 0 spiro atoms. The largest absolute Gasteiger partial charge is 0.476 e. The van der Waals surface area contributed by atoms with Gasteiger partial charge in [-0.05, 0) is 25.7 Å². The normalized spacial score (nSPS) is 30.2. The minimum absolute atomic E-state index is 0.0304. The topological polar surface area (TPSA) is 92.9 Å². The van der Waals surface area contributed by atoms with Crippen LogP contribution in [-0.2, 0) is 22.5 Å². The number of aromatic carboxylic acids is 1. The van der Waals surface area contributed by atoms with Gasteiger partial charge in [0.1, 0.15) is 5.76 Å². The zero-order valence-corrected chi connectivity index (χ0v) is 12.2. The number of ether oxygens (including phenoxy) is 1. The van der Waals surface area contributed by atoms with E-state index in [1.807, 2.05) is 0 Å². The second-order valence-corrected chi connectivity index (χ2v) is 6.37. The number of rotatable bonds is 2. The first kappa shape index (κ1) is 13.8. The van der Waals surface area contributed by atoms with Gasteiger partial charge in [-0.1, -0.05) is 5.16 Å². The molecule has 1 aromatic rings. The van der Waals surface area contributed by atoms with Crippen LogP contribution in [0.5, 0.6) is 0 Å². The lowest BCUT2D eigenvalue weighted by molar-refractivity contribution is -0.145. The number of carbonyl (C=O) groups is 2. The van der Waals surface area contributed by atoms with Crippen molar-refractivity contribution in [1.82, 2.24) is 10.1 Å². The van der Waals surface area contributed by atoms with Crippen LogP contribution in [0.2, 0.25) is 0 Å². The van der Waals surface area contributed by atoms with Gasteiger partial charge in [-0.15, -0.1) is 0 Å². The Morgan fingerprint density at radius 1 is 1.36 bits per heavy atom. The fourth-order valence-corrected chi connectivity index (χ4v) is 4.17. The summed E-state index contributed by atoms with van der Waals surface area (Å²) in [6.07, 6.45) is 4.15. The van der Waals surface area contributed by atoms with Crippen LogP contribution < -0.4 is 0 Å². The molecule has 22 heavy (non-hydrogen) atoms. The van der Waals surface area contributed by atoms with Crippen molar-refractivity contribution < 1.29 is 24.0 Å². The minimum Gasteiger partial charge on any atom is -0.476 e. The molecule has 1 amide bonds. The van der Waals surface area contributed by atoms with E-state index in [2.05, 4.69) is 5.16 Å². The number of fused-ring (bicyclic) bond motifs is 2. The first-order valence-corrected chi connectivity index (χ1v) is 7.73. The van der Waals surface area contributed by atoms with Gasteiger partial charge in [-0.2, -0.15) is 0 Å². The van der Waals surface area contributed by atoms with Crippen molar-refractivity contribution in [2.45, 2.75) is 44.8 Å². The molecule has 3 heterocycles. The third-order valence-electron chi connectivity index (χ3n) is 5.32. The predicted octanol–water partition coefficient (Wildman–Crippen LogP) is 1.22. The molecule has 2 aliphatic heterocycles. The Hall–Kier alpha value is -1.89. The summed E-state index contributed by atoms with van der Waals surface area (Å²) in [5, 5.41) is 12.8. The average molecular weight is 306 g/mol. The molecular weight excluding hydrogens is 288 g/mol. The highest BCUT2D eigenvalue weighted by atomic mass is 16.5. The first-order valence-electron chi connectivity index (χ1n) is 7.73. The Morgan fingerprint density at radius 3 is 3.05 bits per heavy atom. The summed E-state index contributed by atoms with van der Waals surface area (Å²) in [4.78, 5) is 26.0. The molecule has 1 saturated heterocycles. The van der Waals surface area contributed by atoms with Crippen molar-refractivity contribution in [1.29, 1.82) is 0 Å². The first-order chi connectivity index (χ1) is 10.6. The van der Waals surface area contributed by atoms with Crippen molar-refractivity contribution in [2.24, 2.45) is 5.41 Å². The Kier molecular flexibility index (Phi) is 3.00. The molecule has 0 bridgehead atoms. The molecule has 1 aliphatic carbocycles. The Bertz CT molecular complexity index is 628. The number of carboxylic acid groups (broad SMARTS) is 1. The molecule has 7 heteroatoms. The Balaban J connectivity index is 1.61. The molecule has 1 saturated carbocycles. The second-order valence-electron chi connectivity index (χ2n) is 6.37. The minimum atomic E-state index is -1.11. The molecule has 2 fully saturated rings. The monoisotopic (exact) mass is 306 g/mol. The highest BCUT2D eigenvalue weighted by molar-refractivity contribution is 5.88. The van der Waals surface area contributed by atoms with Gasteiger partial charge in [0, 0.05) is 25.1 Å². The number of carboxylic acids is 1. The van der Waals surface area contributed by atoms with Crippen LogP contribution in [0.4, 0.5) is 0 Å². The SMILES string of the molecule is O=C(O)c1noc2c1CN(C(=O)[C@]13CCC[C@H]1OCC3)CC2. The number of hydrogen-bond donors (Lipinski definition) is 1. The molecular formula is C15H18N2O5. The summed E-state index contributed by atoms with van der Waals surface area (Å²) in [5.41, 5.74) is 0.0746. The summed E-state index contributed by atoms with van der Waals surface area (Å²) in [6.45, 7) is 1.46. The third kappa shape index (κ3) is 1.81. The van der Waals surface area contributed by atoms with E-state index in [1.54, 1.807) is 4.90 Å². The van der Waals surface area contributed by atoms with Crippen LogP contribution >= 0.6 is 0 Å². The molecule has 2 atom stereocenters. The maximum atomic E-state index is 13.1. The van der Waals surface area contributed by atoms with E-state index in [1.165, 1.54) is 0 Å². The van der Waals surface area contributed by atoms with Gasteiger partial charge in [0.05, 0.1) is 18.1 Å². The number of aromatic nitrogens is 1. The van der Waals surface area contributed by atoms with Gasteiger partial charge < -0.3 is 19.3 Å². The van der Waals surface area contributed by atoms with Crippen molar-refractivity contribution in [3.05, 3.63) is 17.0 Å². The lowest BCUT2D eigenvalue weighted by Crippen LogP contribution is -2.47. The Morgan fingerprint density at radius 2 is 2.23 bits per heavy atom. The molecule has 7 nitrogen and oxygen atoms in total. The van der Waals surface area contributed by atoms with Gasteiger partial charge in [0.25, 0.3) is 0 Å². The summed E-state index contributed by atoms with van der Waals surface area (Å²) in [7, 11) is 0. The summed E-state index contributed by atoms with van der Waals surface area (Å²) >= 11 is 0. The molecule has 1 N–H and O–H groups in total. The van der Waals surface area contributed by atoms with Crippen molar-refractivity contribution >= 4 is 11.9 Å². The van der Waals surface area contributed by atoms with E-state index in [-0.39, 0.29) is 24.2 Å². The Labute approximate surface area is 127 Å². The summed E-state index contributed by atoms with van der Waals surface area (Å²) in [6, 6.07) is 0. The predicted molar refractivity (Wildman–Crippen MR) is 73.2 cm³/mol. The van der Waals surface area contributed by atoms with Crippen LogP contribution in [0.15, 0.2) is 4.52 Å². The van der Waals surface area contributed by atoms with Crippen LogP contribution in [0.25, 0.3) is 0 Å². The van der Waals surface area contributed by atoms with Gasteiger partial charge in [-0.25, -0.2) is 4.79 Å². The van der Waals surface area contributed by atoms with Crippen LogP contribution in [0, 0.1) is 5.41 Å². The van der Waals surface area contributed by atoms with E-state index in [0.29, 0.717) is 30.9 Å². The quantitative estimate of drug-likeness (QED) is 0.883. The van der Waals surface area contributed by atoms with E-state index >= 15 is 0 Å². The van der Waals surface area contributed by atoms with Crippen LogP contribution in [-0.4, -0.2) is 46.3 Å². The lowest BCUT2D eigenvalue weighted by atomic mass is 9.81. The maximum Gasteiger partial charge on any atom is 0.358 e. The van der Waals surface area contributed by atoms with Crippen LogP contribution in [0.3, 0.4) is 0 Å². The van der Waals surface area contributed by atoms with Crippen molar-refractivity contribution in [3.8, 4) is 0 Å². The number of amides is 1. The molecule has 0 aromatic carbocycles. The molecule has 4 rings (SSSR count). The van der Waals surface area contributed by atoms with E-state index < -0.39 is 11.4 Å². The van der Waals surface area contributed by atoms with Crippen molar-refractivity contribution in [2.75, 3.05) is 13.2 Å². The maximum absolute atomic E-state index is 13.1. The number of nitrogens with zero attached hydrogens (tertiary/aromatic N) is 2. The number of hydrogen-bond acceptors (Lipinski definition) is 5. The highest BCUT2D eigenvalue weighted by Gasteiger charge is 2.54. The van der Waals surface area contributed by atoms with E-state index in [9.17, 15) is 9.59 Å². The summed E-state index contributed by atoms with van der Waals surface area (Å²) < 4.78 is 10.8.